The Hall–Kier alpha value is -1.13. The van der Waals surface area contributed by atoms with E-state index in [2.05, 4.69) is 4.72 Å². The zero-order valence-corrected chi connectivity index (χ0v) is 7.12. The highest BCUT2D eigenvalue weighted by Gasteiger charge is 1.83. The Bertz CT molecular complexity index is 284. The lowest BCUT2D eigenvalue weighted by atomic mass is 10.2. The van der Waals surface area contributed by atoms with Crippen LogP contribution in [-0.4, -0.2) is 8.76 Å². The zero-order chi connectivity index (χ0) is 8.81. The van der Waals surface area contributed by atoms with E-state index in [1.54, 1.807) is 6.08 Å². The van der Waals surface area contributed by atoms with Gasteiger partial charge in [0.2, 0.25) is 0 Å². The van der Waals surface area contributed by atoms with E-state index in [0.717, 1.165) is 5.56 Å². The average Bonchev–Trinajstić information content (AvgIpc) is 2.05. The van der Waals surface area contributed by atoms with Gasteiger partial charge in [-0.25, -0.2) is 4.21 Å². The normalized spacial score (nSPS) is 13.1. The highest BCUT2D eigenvalue weighted by molar-refractivity contribution is 7.77. The summed E-state index contributed by atoms with van der Waals surface area (Å²) in [6, 6.07) is 9.51. The third-order valence-corrected chi connectivity index (χ3v) is 1.58. The first-order valence-corrected chi connectivity index (χ1v) is 4.48. The maximum Gasteiger partial charge on any atom is 0.258 e. The minimum Gasteiger partial charge on any atom is -0.289 e. The van der Waals surface area contributed by atoms with Gasteiger partial charge in [0.25, 0.3) is 11.3 Å². The van der Waals surface area contributed by atoms with E-state index in [1.807, 2.05) is 30.3 Å². The zero-order valence-electron chi connectivity index (χ0n) is 6.31. The van der Waals surface area contributed by atoms with Crippen LogP contribution >= 0.6 is 0 Å². The van der Waals surface area contributed by atoms with Gasteiger partial charge in [0.1, 0.15) is 0 Å². The molecule has 1 atom stereocenters. The van der Waals surface area contributed by atoms with Gasteiger partial charge in [-0.05, 0) is 11.6 Å². The molecule has 1 aromatic carbocycles. The molecular formula is C8H9NO2S. The van der Waals surface area contributed by atoms with Gasteiger partial charge in [0.15, 0.2) is 0 Å². The summed E-state index contributed by atoms with van der Waals surface area (Å²) in [7, 11) is 0. The summed E-state index contributed by atoms with van der Waals surface area (Å²) in [5.41, 5.74) is 0.982. The highest BCUT2D eigenvalue weighted by atomic mass is 32.2. The van der Waals surface area contributed by atoms with Crippen LogP contribution in [0, 0.1) is 0 Å². The molecule has 0 aromatic heterocycles. The van der Waals surface area contributed by atoms with Crippen molar-refractivity contribution in [2.24, 2.45) is 0 Å². The lowest BCUT2D eigenvalue weighted by Gasteiger charge is -1.91. The van der Waals surface area contributed by atoms with Gasteiger partial charge in [-0.15, -0.1) is 0 Å². The molecule has 0 radical (unpaired) electrons. The highest BCUT2D eigenvalue weighted by Crippen LogP contribution is 1.99. The molecule has 0 fully saturated rings. The molecule has 1 rings (SSSR count). The van der Waals surface area contributed by atoms with Crippen LogP contribution in [0.15, 0.2) is 36.5 Å². The molecule has 0 saturated carbocycles. The SMILES string of the molecule is O=S(O)N/C=C/c1ccccc1. The molecule has 12 heavy (non-hydrogen) atoms. The van der Waals surface area contributed by atoms with Crippen molar-refractivity contribution in [2.45, 2.75) is 0 Å². The maximum absolute atomic E-state index is 10.1. The molecule has 0 aliphatic heterocycles. The molecule has 0 heterocycles. The molecule has 0 spiro atoms. The van der Waals surface area contributed by atoms with Crippen LogP contribution in [0.3, 0.4) is 0 Å². The number of benzene rings is 1. The smallest absolute Gasteiger partial charge is 0.258 e. The fourth-order valence-corrected chi connectivity index (χ4v) is 0.937. The fraction of sp³-hybridized carbons (Fsp3) is 0. The maximum atomic E-state index is 10.1. The summed E-state index contributed by atoms with van der Waals surface area (Å²) >= 11 is -1.98. The van der Waals surface area contributed by atoms with Gasteiger partial charge >= 0.3 is 0 Å². The lowest BCUT2D eigenvalue weighted by molar-refractivity contribution is 0.558. The third kappa shape index (κ3) is 3.32. The van der Waals surface area contributed by atoms with Gasteiger partial charge in [0, 0.05) is 6.20 Å². The minimum atomic E-state index is -1.98. The average molecular weight is 183 g/mol. The summed E-state index contributed by atoms with van der Waals surface area (Å²) in [6.07, 6.45) is 3.15. The second-order valence-corrected chi connectivity index (χ2v) is 2.85. The van der Waals surface area contributed by atoms with Crippen molar-refractivity contribution >= 4 is 17.3 Å². The van der Waals surface area contributed by atoms with E-state index in [4.69, 9.17) is 4.55 Å². The number of nitrogens with one attached hydrogen (secondary N) is 1. The Balaban J connectivity index is 2.52. The number of hydrogen-bond donors (Lipinski definition) is 2. The quantitative estimate of drug-likeness (QED) is 0.695. The molecule has 2 N–H and O–H groups in total. The van der Waals surface area contributed by atoms with E-state index in [1.165, 1.54) is 6.20 Å². The summed E-state index contributed by atoms with van der Waals surface area (Å²) in [5.74, 6) is 0. The predicted molar refractivity (Wildman–Crippen MR) is 49.4 cm³/mol. The Morgan fingerprint density at radius 1 is 1.33 bits per heavy atom. The standard InChI is InChI=1S/C8H9NO2S/c10-12(11)9-7-6-8-4-2-1-3-5-8/h1-7,9H,(H,10,11)/b7-6+. The molecule has 0 aliphatic carbocycles. The lowest BCUT2D eigenvalue weighted by Crippen LogP contribution is -2.06. The van der Waals surface area contributed by atoms with Crippen molar-refractivity contribution in [1.82, 2.24) is 4.72 Å². The monoisotopic (exact) mass is 183 g/mol. The molecular weight excluding hydrogens is 174 g/mol. The fourth-order valence-electron chi connectivity index (χ4n) is 0.753. The largest absolute Gasteiger partial charge is 0.289 e. The van der Waals surface area contributed by atoms with Gasteiger partial charge in [-0.1, -0.05) is 30.3 Å². The molecule has 0 bridgehead atoms. The van der Waals surface area contributed by atoms with Crippen LogP contribution in [0.1, 0.15) is 5.56 Å². The van der Waals surface area contributed by atoms with Gasteiger partial charge in [-0.2, -0.15) is 0 Å². The number of rotatable bonds is 3. The predicted octanol–water partition coefficient (Wildman–Crippen LogP) is 1.38. The Kier molecular flexibility index (Phi) is 3.50. The molecule has 4 heteroatoms. The molecule has 64 valence electrons. The van der Waals surface area contributed by atoms with Crippen LogP contribution in [0.4, 0.5) is 0 Å². The summed E-state index contributed by atoms with van der Waals surface area (Å²) in [4.78, 5) is 0. The van der Waals surface area contributed by atoms with Gasteiger partial charge in [0.05, 0.1) is 0 Å². The molecule has 0 amide bonds. The first kappa shape index (κ1) is 8.96. The van der Waals surface area contributed by atoms with E-state index >= 15 is 0 Å². The summed E-state index contributed by atoms with van der Waals surface area (Å²) in [5, 5.41) is 0. The Morgan fingerprint density at radius 3 is 2.58 bits per heavy atom. The van der Waals surface area contributed by atoms with Crippen LogP contribution in [0.5, 0.6) is 0 Å². The second kappa shape index (κ2) is 4.69. The van der Waals surface area contributed by atoms with E-state index < -0.39 is 11.3 Å². The Morgan fingerprint density at radius 2 is 2.00 bits per heavy atom. The van der Waals surface area contributed by atoms with Crippen molar-refractivity contribution in [3.63, 3.8) is 0 Å². The first-order chi connectivity index (χ1) is 5.79. The van der Waals surface area contributed by atoms with E-state index in [-0.39, 0.29) is 0 Å². The first-order valence-electron chi connectivity index (χ1n) is 3.37. The summed E-state index contributed by atoms with van der Waals surface area (Å²) < 4.78 is 20.7. The van der Waals surface area contributed by atoms with Crippen molar-refractivity contribution in [1.29, 1.82) is 0 Å². The molecule has 1 aromatic rings. The third-order valence-electron chi connectivity index (χ3n) is 1.24. The molecule has 0 aliphatic rings. The van der Waals surface area contributed by atoms with Crippen molar-refractivity contribution in [3.8, 4) is 0 Å². The molecule has 0 saturated heterocycles. The van der Waals surface area contributed by atoms with Crippen molar-refractivity contribution in [3.05, 3.63) is 42.1 Å². The van der Waals surface area contributed by atoms with Crippen molar-refractivity contribution < 1.29 is 8.76 Å². The van der Waals surface area contributed by atoms with Crippen molar-refractivity contribution in [2.75, 3.05) is 0 Å². The van der Waals surface area contributed by atoms with Gasteiger partial charge < -0.3 is 0 Å². The van der Waals surface area contributed by atoms with Crippen LogP contribution in [0.25, 0.3) is 6.08 Å². The second-order valence-electron chi connectivity index (χ2n) is 2.11. The van der Waals surface area contributed by atoms with Gasteiger partial charge in [-0.3, -0.25) is 9.27 Å². The topological polar surface area (TPSA) is 49.3 Å². The molecule has 1 unspecified atom stereocenters. The number of hydrogen-bond acceptors (Lipinski definition) is 1. The van der Waals surface area contributed by atoms with Crippen LogP contribution < -0.4 is 4.72 Å². The summed E-state index contributed by atoms with van der Waals surface area (Å²) in [6.45, 7) is 0. The molecule has 3 nitrogen and oxygen atoms in total. The van der Waals surface area contributed by atoms with Crippen LogP contribution in [-0.2, 0) is 11.3 Å². The van der Waals surface area contributed by atoms with Crippen LogP contribution in [0.2, 0.25) is 0 Å². The van der Waals surface area contributed by atoms with E-state index in [0.29, 0.717) is 0 Å². The Labute approximate surface area is 73.5 Å². The van der Waals surface area contributed by atoms with E-state index in [9.17, 15) is 4.21 Å². The minimum absolute atomic E-state index is 0.982.